The summed E-state index contributed by atoms with van der Waals surface area (Å²) in [6.45, 7) is 5.35. The highest BCUT2D eigenvalue weighted by Crippen LogP contribution is 2.27. The minimum atomic E-state index is -0.263. The largest absolute Gasteiger partial charge is 0.329 e. The molecule has 0 bridgehead atoms. The van der Waals surface area contributed by atoms with Crippen LogP contribution < -0.4 is 11.1 Å². The van der Waals surface area contributed by atoms with Crippen molar-refractivity contribution in [1.82, 2.24) is 20.0 Å². The van der Waals surface area contributed by atoms with E-state index in [1.54, 1.807) is 10.9 Å². The van der Waals surface area contributed by atoms with Crippen LogP contribution in [0.2, 0.25) is 0 Å². The van der Waals surface area contributed by atoms with Crippen LogP contribution in [-0.4, -0.2) is 32.4 Å². The first kappa shape index (κ1) is 17.2. The van der Waals surface area contributed by atoms with E-state index in [-0.39, 0.29) is 5.91 Å². The summed E-state index contributed by atoms with van der Waals surface area (Å²) < 4.78 is 1.64. The van der Waals surface area contributed by atoms with E-state index in [1.165, 1.54) is 23.1 Å². The summed E-state index contributed by atoms with van der Waals surface area (Å²) in [6.07, 6.45) is 3.17. The van der Waals surface area contributed by atoms with Gasteiger partial charge in [0.25, 0.3) is 5.91 Å². The van der Waals surface area contributed by atoms with Crippen molar-refractivity contribution in [3.05, 3.63) is 47.8 Å². The van der Waals surface area contributed by atoms with Crippen LogP contribution in [0.15, 0.2) is 36.7 Å². The Morgan fingerprint density at radius 2 is 2.04 bits per heavy atom. The molecule has 2 heterocycles. The third-order valence-electron chi connectivity index (χ3n) is 3.72. The van der Waals surface area contributed by atoms with Gasteiger partial charge in [0.2, 0.25) is 5.13 Å². The Morgan fingerprint density at radius 1 is 1.28 bits per heavy atom. The fourth-order valence-corrected chi connectivity index (χ4v) is 3.05. The number of carbonyl (C=O) groups is 1. The zero-order valence-corrected chi connectivity index (χ0v) is 15.0. The molecule has 3 aromatic rings. The molecule has 3 N–H and O–H groups in total. The van der Waals surface area contributed by atoms with Gasteiger partial charge in [-0.15, -0.1) is 10.2 Å². The molecule has 0 aliphatic heterocycles. The van der Waals surface area contributed by atoms with E-state index in [2.05, 4.69) is 46.6 Å². The van der Waals surface area contributed by atoms with Crippen LogP contribution in [0.5, 0.6) is 0 Å². The van der Waals surface area contributed by atoms with E-state index in [0.29, 0.717) is 29.7 Å². The maximum Gasteiger partial charge on any atom is 0.260 e. The Bertz CT molecular complexity index is 852. The van der Waals surface area contributed by atoms with E-state index in [9.17, 15) is 4.79 Å². The van der Waals surface area contributed by atoms with Gasteiger partial charge >= 0.3 is 0 Å². The molecule has 0 fully saturated rings. The molecule has 2 aromatic heterocycles. The minimum Gasteiger partial charge on any atom is -0.329 e. The van der Waals surface area contributed by atoms with Gasteiger partial charge in [0, 0.05) is 18.3 Å². The van der Waals surface area contributed by atoms with Crippen molar-refractivity contribution < 1.29 is 4.79 Å². The van der Waals surface area contributed by atoms with Gasteiger partial charge in [-0.05, 0) is 11.5 Å². The van der Waals surface area contributed by atoms with E-state index >= 15 is 0 Å². The highest BCUT2D eigenvalue weighted by molar-refractivity contribution is 7.18. The fraction of sp³-hybridized carbons (Fsp3) is 0.294. The summed E-state index contributed by atoms with van der Waals surface area (Å²) >= 11 is 1.34. The van der Waals surface area contributed by atoms with Crippen molar-refractivity contribution in [3.63, 3.8) is 0 Å². The Hall–Kier alpha value is -2.58. The van der Waals surface area contributed by atoms with E-state index in [4.69, 9.17) is 5.73 Å². The summed E-state index contributed by atoms with van der Waals surface area (Å²) in [5.74, 6) is 0.222. The number of nitrogens with two attached hydrogens (primary N) is 1. The van der Waals surface area contributed by atoms with Crippen molar-refractivity contribution in [1.29, 1.82) is 0 Å². The van der Waals surface area contributed by atoms with Gasteiger partial charge in [-0.3, -0.25) is 14.8 Å². The Balaban J connectivity index is 1.69. The number of aromatic nitrogens is 4. The quantitative estimate of drug-likeness (QED) is 0.707. The number of hydrogen-bond donors (Lipinski definition) is 2. The molecule has 0 unspecified atom stereocenters. The summed E-state index contributed by atoms with van der Waals surface area (Å²) in [5, 5.41) is 16.3. The van der Waals surface area contributed by atoms with Crippen molar-refractivity contribution in [2.75, 3.05) is 11.9 Å². The molecule has 7 nitrogen and oxygen atoms in total. The topological polar surface area (TPSA) is 98.7 Å². The molecule has 0 saturated heterocycles. The lowest BCUT2D eigenvalue weighted by molar-refractivity contribution is 0.102. The summed E-state index contributed by atoms with van der Waals surface area (Å²) in [5.41, 5.74) is 8.20. The summed E-state index contributed by atoms with van der Waals surface area (Å²) in [7, 11) is 0. The molecule has 3 rings (SSSR count). The van der Waals surface area contributed by atoms with Crippen LogP contribution in [0, 0.1) is 0 Å². The Labute approximate surface area is 149 Å². The predicted molar refractivity (Wildman–Crippen MR) is 98.7 cm³/mol. The van der Waals surface area contributed by atoms with E-state index in [1.807, 2.05) is 12.1 Å². The van der Waals surface area contributed by atoms with Gasteiger partial charge in [-0.2, -0.15) is 5.10 Å². The molecule has 25 heavy (non-hydrogen) atoms. The maximum absolute atomic E-state index is 12.2. The first-order valence-corrected chi connectivity index (χ1v) is 8.86. The molecular weight excluding hydrogens is 336 g/mol. The molecule has 0 radical (unpaired) electrons. The average molecular weight is 356 g/mol. The first-order valence-electron chi connectivity index (χ1n) is 8.04. The second kappa shape index (κ2) is 7.54. The van der Waals surface area contributed by atoms with Crippen LogP contribution in [0.4, 0.5) is 5.13 Å². The van der Waals surface area contributed by atoms with Gasteiger partial charge in [0.1, 0.15) is 5.01 Å². The van der Waals surface area contributed by atoms with Crippen molar-refractivity contribution in [2.45, 2.75) is 26.3 Å². The lowest BCUT2D eigenvalue weighted by Crippen LogP contribution is -2.12. The number of anilines is 1. The third-order valence-corrected chi connectivity index (χ3v) is 4.61. The highest BCUT2D eigenvalue weighted by Gasteiger charge is 2.13. The fourth-order valence-electron chi connectivity index (χ4n) is 2.31. The van der Waals surface area contributed by atoms with Gasteiger partial charge < -0.3 is 5.73 Å². The smallest absolute Gasteiger partial charge is 0.260 e. The number of hydrogen-bond acceptors (Lipinski definition) is 6. The molecular formula is C17H20N6OS. The average Bonchev–Trinajstić information content (AvgIpc) is 3.25. The molecule has 1 aromatic carbocycles. The molecule has 1 amide bonds. The second-order valence-electron chi connectivity index (χ2n) is 5.92. The van der Waals surface area contributed by atoms with Crippen LogP contribution in [-0.2, 0) is 6.54 Å². The molecule has 130 valence electrons. The molecule has 0 spiro atoms. The van der Waals surface area contributed by atoms with Gasteiger partial charge in [-0.1, -0.05) is 49.4 Å². The number of carbonyl (C=O) groups excluding carboxylic acids is 1. The monoisotopic (exact) mass is 356 g/mol. The number of amides is 1. The third kappa shape index (κ3) is 4.09. The lowest BCUT2D eigenvalue weighted by Gasteiger charge is -2.04. The number of rotatable bonds is 6. The zero-order valence-electron chi connectivity index (χ0n) is 14.1. The first-order chi connectivity index (χ1) is 12.1. The minimum absolute atomic E-state index is 0.263. The molecule has 8 heteroatoms. The number of benzene rings is 1. The van der Waals surface area contributed by atoms with Crippen LogP contribution in [0.1, 0.15) is 35.7 Å². The summed E-state index contributed by atoms with van der Waals surface area (Å²) in [6, 6.07) is 8.23. The van der Waals surface area contributed by atoms with Gasteiger partial charge in [-0.25, -0.2) is 0 Å². The normalized spacial score (nSPS) is 11.0. The lowest BCUT2D eigenvalue weighted by atomic mass is 10.0. The molecule has 0 saturated carbocycles. The highest BCUT2D eigenvalue weighted by atomic mass is 32.1. The van der Waals surface area contributed by atoms with Crippen LogP contribution >= 0.6 is 11.3 Å². The SMILES string of the molecule is CC(C)c1ccc(-c2nnc(NC(=O)c3cnn(CCN)c3)s2)cc1. The Kier molecular flexibility index (Phi) is 5.20. The van der Waals surface area contributed by atoms with Crippen LogP contribution in [0.25, 0.3) is 10.6 Å². The number of nitrogens with one attached hydrogen (secondary N) is 1. The maximum atomic E-state index is 12.2. The molecule has 0 aliphatic rings. The molecule has 0 atom stereocenters. The van der Waals surface area contributed by atoms with E-state index < -0.39 is 0 Å². The van der Waals surface area contributed by atoms with Gasteiger partial charge in [0.15, 0.2) is 0 Å². The summed E-state index contributed by atoms with van der Waals surface area (Å²) in [4.78, 5) is 12.2. The van der Waals surface area contributed by atoms with Gasteiger partial charge in [0.05, 0.1) is 18.3 Å². The van der Waals surface area contributed by atoms with Crippen molar-refractivity contribution in [3.8, 4) is 10.6 Å². The van der Waals surface area contributed by atoms with Crippen molar-refractivity contribution in [2.24, 2.45) is 5.73 Å². The second-order valence-corrected chi connectivity index (χ2v) is 6.90. The molecule has 0 aliphatic carbocycles. The predicted octanol–water partition coefficient (Wildman–Crippen LogP) is 2.74. The standard InChI is InChI=1S/C17H20N6OS/c1-11(2)12-3-5-13(6-4-12)16-21-22-17(25-16)20-15(24)14-9-19-23(10-14)8-7-18/h3-6,9-11H,7-8,18H2,1-2H3,(H,20,22,24). The van der Waals surface area contributed by atoms with E-state index in [0.717, 1.165) is 10.6 Å². The number of nitrogens with zero attached hydrogens (tertiary/aromatic N) is 4. The van der Waals surface area contributed by atoms with Crippen LogP contribution in [0.3, 0.4) is 0 Å². The zero-order chi connectivity index (χ0) is 17.8. The van der Waals surface area contributed by atoms with Crippen molar-refractivity contribution >= 4 is 22.4 Å². The Morgan fingerprint density at radius 3 is 2.72 bits per heavy atom.